The molecular weight excluding hydrogens is 338 g/mol. The number of aryl methyl sites for hydroxylation is 2. The van der Waals surface area contributed by atoms with Gasteiger partial charge in [-0.05, 0) is 45.1 Å². The van der Waals surface area contributed by atoms with Gasteiger partial charge >= 0.3 is 0 Å². The van der Waals surface area contributed by atoms with Gasteiger partial charge in [-0.2, -0.15) is 14.5 Å². The third kappa shape index (κ3) is 3.13. The zero-order chi connectivity index (χ0) is 17.6. The van der Waals surface area contributed by atoms with Crippen LogP contribution in [0.3, 0.4) is 0 Å². The summed E-state index contributed by atoms with van der Waals surface area (Å²) in [5.74, 6) is 0.321. The van der Waals surface area contributed by atoms with Crippen LogP contribution < -0.4 is 0 Å². The summed E-state index contributed by atoms with van der Waals surface area (Å²) in [6.07, 6.45) is 9.28. The van der Waals surface area contributed by atoms with Gasteiger partial charge in [-0.3, -0.25) is 9.36 Å². The van der Waals surface area contributed by atoms with E-state index in [0.29, 0.717) is 30.4 Å². The molecule has 0 amide bonds. The van der Waals surface area contributed by atoms with Gasteiger partial charge in [0.25, 0.3) is 0 Å². The molecule has 8 heteroatoms. The summed E-state index contributed by atoms with van der Waals surface area (Å²) >= 11 is 0. The van der Waals surface area contributed by atoms with Gasteiger partial charge in [-0.15, -0.1) is 0 Å². The minimum atomic E-state index is -3.47. The first kappa shape index (κ1) is 16.8. The molecule has 2 aromatic heterocycles. The Labute approximate surface area is 148 Å². The van der Waals surface area contributed by atoms with Crippen molar-refractivity contribution in [1.29, 1.82) is 0 Å². The minimum absolute atomic E-state index is 0.279. The third-order valence-corrected chi connectivity index (χ3v) is 7.10. The van der Waals surface area contributed by atoms with Gasteiger partial charge in [0.1, 0.15) is 4.90 Å². The number of rotatable bonds is 5. The maximum absolute atomic E-state index is 13.2. The predicted molar refractivity (Wildman–Crippen MR) is 93.9 cm³/mol. The number of hydrogen-bond donors (Lipinski definition) is 0. The van der Waals surface area contributed by atoms with E-state index in [0.717, 1.165) is 36.9 Å². The highest BCUT2D eigenvalue weighted by molar-refractivity contribution is 7.89. The molecule has 0 atom stereocenters. The first-order valence-corrected chi connectivity index (χ1v) is 10.5. The molecule has 0 unspecified atom stereocenters. The molecule has 1 aliphatic heterocycles. The molecule has 25 heavy (non-hydrogen) atoms. The second-order valence-corrected chi connectivity index (χ2v) is 9.05. The molecular formula is C17H25N5O2S. The second kappa shape index (κ2) is 6.25. The topological polar surface area (TPSA) is 73.0 Å². The second-order valence-electron chi connectivity index (χ2n) is 7.14. The van der Waals surface area contributed by atoms with Crippen LogP contribution in [0.5, 0.6) is 0 Å². The summed E-state index contributed by atoms with van der Waals surface area (Å²) in [7, 11) is -3.47. The van der Waals surface area contributed by atoms with E-state index >= 15 is 0 Å². The first-order valence-electron chi connectivity index (χ1n) is 9.07. The fourth-order valence-electron chi connectivity index (χ4n) is 3.54. The lowest BCUT2D eigenvalue weighted by molar-refractivity contribution is 0.261. The summed E-state index contributed by atoms with van der Waals surface area (Å²) in [5, 5.41) is 8.89. The monoisotopic (exact) mass is 363 g/mol. The number of sulfonamides is 1. The Morgan fingerprint density at radius 1 is 1.16 bits per heavy atom. The lowest BCUT2D eigenvalue weighted by Gasteiger charge is -2.31. The molecule has 1 aliphatic carbocycles. The van der Waals surface area contributed by atoms with E-state index in [-0.39, 0.29) is 6.04 Å². The van der Waals surface area contributed by atoms with Crippen LogP contribution in [-0.4, -0.2) is 45.4 Å². The van der Waals surface area contributed by atoms with Crippen molar-refractivity contribution in [1.82, 2.24) is 23.9 Å². The highest BCUT2D eigenvalue weighted by Crippen LogP contribution is 2.42. The van der Waals surface area contributed by atoms with Crippen molar-refractivity contribution in [3.8, 4) is 0 Å². The van der Waals surface area contributed by atoms with Crippen LogP contribution in [-0.2, 0) is 16.6 Å². The quantitative estimate of drug-likeness (QED) is 0.817. The van der Waals surface area contributed by atoms with Crippen LogP contribution in [0, 0.1) is 6.92 Å². The van der Waals surface area contributed by atoms with Crippen molar-refractivity contribution in [3.63, 3.8) is 0 Å². The first-order chi connectivity index (χ1) is 12.0. The molecule has 7 nitrogen and oxygen atoms in total. The standard InChI is InChI=1S/C17H25N5O2S/c1-3-20-12-16(17(19-20)14-4-5-14)25(23,24)21-8-6-15(7-9-21)22-11-13(2)10-18-22/h10-12,14-15H,3-9H2,1-2H3. The Balaban J connectivity index is 1.53. The smallest absolute Gasteiger partial charge is 0.246 e. The molecule has 0 N–H and O–H groups in total. The number of piperidine rings is 1. The average molecular weight is 363 g/mol. The molecule has 2 aliphatic rings. The highest BCUT2D eigenvalue weighted by atomic mass is 32.2. The number of aromatic nitrogens is 4. The molecule has 0 bridgehead atoms. The summed E-state index contributed by atoms with van der Waals surface area (Å²) in [5.41, 5.74) is 1.91. The van der Waals surface area contributed by atoms with Gasteiger partial charge in [0, 0.05) is 37.9 Å². The third-order valence-electron chi connectivity index (χ3n) is 5.19. The molecule has 0 aromatic carbocycles. The maximum atomic E-state index is 13.2. The Kier molecular flexibility index (Phi) is 4.19. The fourth-order valence-corrected chi connectivity index (χ4v) is 5.23. The summed E-state index contributed by atoms with van der Waals surface area (Å²) in [6.45, 7) is 5.77. The van der Waals surface area contributed by atoms with E-state index in [1.54, 1.807) is 15.2 Å². The van der Waals surface area contributed by atoms with Crippen molar-refractivity contribution in [2.24, 2.45) is 0 Å². The van der Waals surface area contributed by atoms with Gasteiger partial charge in [0.15, 0.2) is 0 Å². The summed E-state index contributed by atoms with van der Waals surface area (Å²) in [6, 6.07) is 0.279. The van der Waals surface area contributed by atoms with Gasteiger partial charge in [-0.1, -0.05) is 0 Å². The van der Waals surface area contributed by atoms with Crippen molar-refractivity contribution in [2.45, 2.75) is 62.9 Å². The van der Waals surface area contributed by atoms with Crippen LogP contribution in [0.4, 0.5) is 0 Å². The van der Waals surface area contributed by atoms with Crippen LogP contribution in [0.2, 0.25) is 0 Å². The van der Waals surface area contributed by atoms with Crippen molar-refractivity contribution >= 4 is 10.0 Å². The molecule has 1 saturated carbocycles. The average Bonchev–Trinajstić information content (AvgIpc) is 3.21. The highest BCUT2D eigenvalue weighted by Gasteiger charge is 2.38. The Morgan fingerprint density at radius 2 is 1.88 bits per heavy atom. The van der Waals surface area contributed by atoms with Gasteiger partial charge in [0.05, 0.1) is 17.9 Å². The van der Waals surface area contributed by atoms with Crippen molar-refractivity contribution in [3.05, 3.63) is 29.8 Å². The van der Waals surface area contributed by atoms with Crippen LogP contribution in [0.15, 0.2) is 23.5 Å². The van der Waals surface area contributed by atoms with E-state index < -0.39 is 10.0 Å². The Morgan fingerprint density at radius 3 is 2.44 bits per heavy atom. The molecule has 1 saturated heterocycles. The molecule has 0 radical (unpaired) electrons. The van der Waals surface area contributed by atoms with Crippen LogP contribution in [0.1, 0.15) is 55.8 Å². The Hall–Kier alpha value is -1.67. The van der Waals surface area contributed by atoms with Crippen molar-refractivity contribution in [2.75, 3.05) is 13.1 Å². The van der Waals surface area contributed by atoms with Gasteiger partial charge in [-0.25, -0.2) is 8.42 Å². The normalized spacial score (nSPS) is 20.2. The van der Waals surface area contributed by atoms with Crippen LogP contribution in [0.25, 0.3) is 0 Å². The summed E-state index contributed by atoms with van der Waals surface area (Å²) in [4.78, 5) is 0.422. The fraction of sp³-hybridized carbons (Fsp3) is 0.647. The maximum Gasteiger partial charge on any atom is 0.246 e. The molecule has 136 valence electrons. The lowest BCUT2D eigenvalue weighted by Crippen LogP contribution is -2.39. The van der Waals surface area contributed by atoms with E-state index in [2.05, 4.69) is 10.2 Å². The molecule has 2 aromatic rings. The van der Waals surface area contributed by atoms with Crippen molar-refractivity contribution < 1.29 is 8.42 Å². The van der Waals surface area contributed by atoms with E-state index in [1.807, 2.05) is 30.9 Å². The number of hydrogen-bond acceptors (Lipinski definition) is 4. The van der Waals surface area contributed by atoms with E-state index in [1.165, 1.54) is 0 Å². The zero-order valence-electron chi connectivity index (χ0n) is 14.8. The minimum Gasteiger partial charge on any atom is -0.271 e. The molecule has 0 spiro atoms. The zero-order valence-corrected chi connectivity index (χ0v) is 15.6. The number of nitrogens with zero attached hydrogens (tertiary/aromatic N) is 5. The largest absolute Gasteiger partial charge is 0.271 e. The van der Waals surface area contributed by atoms with Gasteiger partial charge < -0.3 is 0 Å². The molecule has 4 rings (SSSR count). The van der Waals surface area contributed by atoms with Crippen LogP contribution >= 0.6 is 0 Å². The SMILES string of the molecule is CCn1cc(S(=O)(=O)N2CCC(n3cc(C)cn3)CC2)c(C2CC2)n1. The molecule has 3 heterocycles. The molecule has 2 fully saturated rings. The van der Waals surface area contributed by atoms with Gasteiger partial charge in [0.2, 0.25) is 10.0 Å². The summed E-state index contributed by atoms with van der Waals surface area (Å²) < 4.78 is 31.7. The van der Waals surface area contributed by atoms with E-state index in [9.17, 15) is 8.42 Å². The Bertz CT molecular complexity index is 857. The lowest BCUT2D eigenvalue weighted by atomic mass is 10.1. The predicted octanol–water partition coefficient (Wildman–Crippen LogP) is 2.31. The van der Waals surface area contributed by atoms with E-state index in [4.69, 9.17) is 0 Å².